The molecule has 3 aromatic carbocycles. The summed E-state index contributed by atoms with van der Waals surface area (Å²) < 4.78 is 6.94. The van der Waals surface area contributed by atoms with Gasteiger partial charge in [0.25, 0.3) is 5.91 Å². The number of benzene rings is 3. The van der Waals surface area contributed by atoms with Crippen LogP contribution in [0.4, 0.5) is 5.13 Å². The van der Waals surface area contributed by atoms with Crippen LogP contribution in [0, 0.1) is 13.8 Å². The minimum atomic E-state index is -0.123. The summed E-state index contributed by atoms with van der Waals surface area (Å²) in [6, 6.07) is 24.8. The van der Waals surface area contributed by atoms with E-state index in [1.54, 1.807) is 29.4 Å². The van der Waals surface area contributed by atoms with Crippen molar-refractivity contribution in [3.63, 3.8) is 0 Å². The minimum Gasteiger partial charge on any atom is -0.457 e. The number of aromatic nitrogens is 2. The average molecular weight is 466 g/mol. The molecule has 0 fully saturated rings. The van der Waals surface area contributed by atoms with Crippen molar-refractivity contribution in [3.05, 3.63) is 114 Å². The fourth-order valence-electron chi connectivity index (χ4n) is 3.63. The zero-order valence-electron chi connectivity index (χ0n) is 18.9. The van der Waals surface area contributed by atoms with Crippen molar-refractivity contribution in [2.24, 2.45) is 0 Å². The standard InChI is InChI=1S/C28H23N3O2S/c1-19-15-25-26(16-20(19)2)34-28(30-25)31(18-21-7-6-14-29-17-21)27(32)22-10-12-24(13-11-22)33-23-8-4-3-5-9-23/h3-17H,18H2,1-2H3. The summed E-state index contributed by atoms with van der Waals surface area (Å²) >= 11 is 1.52. The number of pyridine rings is 1. The first-order chi connectivity index (χ1) is 16.6. The van der Waals surface area contributed by atoms with Crippen LogP contribution in [-0.4, -0.2) is 15.9 Å². The van der Waals surface area contributed by atoms with E-state index < -0.39 is 0 Å². The molecule has 6 heteroatoms. The summed E-state index contributed by atoms with van der Waals surface area (Å²) in [7, 11) is 0. The molecule has 0 N–H and O–H groups in total. The Balaban J connectivity index is 1.47. The SMILES string of the molecule is Cc1cc2nc(N(Cc3cccnc3)C(=O)c3ccc(Oc4ccccc4)cc3)sc2cc1C. The van der Waals surface area contributed by atoms with Crippen molar-refractivity contribution in [2.45, 2.75) is 20.4 Å². The van der Waals surface area contributed by atoms with Gasteiger partial charge in [0.1, 0.15) is 11.5 Å². The molecule has 0 aliphatic carbocycles. The lowest BCUT2D eigenvalue weighted by Gasteiger charge is -2.20. The fourth-order valence-corrected chi connectivity index (χ4v) is 4.67. The molecule has 2 aromatic heterocycles. The number of rotatable bonds is 6. The van der Waals surface area contributed by atoms with Gasteiger partial charge in [-0.3, -0.25) is 14.7 Å². The Labute approximate surface area is 202 Å². The van der Waals surface area contributed by atoms with Gasteiger partial charge in [-0.05, 0) is 85.1 Å². The van der Waals surface area contributed by atoms with Crippen LogP contribution in [-0.2, 0) is 6.54 Å². The van der Waals surface area contributed by atoms with Gasteiger partial charge in [0.15, 0.2) is 5.13 Å². The second kappa shape index (κ2) is 9.45. The minimum absolute atomic E-state index is 0.123. The van der Waals surface area contributed by atoms with E-state index in [-0.39, 0.29) is 5.91 Å². The van der Waals surface area contributed by atoms with Crippen LogP contribution in [0.3, 0.4) is 0 Å². The van der Waals surface area contributed by atoms with Gasteiger partial charge in [0, 0.05) is 18.0 Å². The number of hydrogen-bond acceptors (Lipinski definition) is 5. The molecule has 0 saturated heterocycles. The molecule has 1 amide bonds. The number of para-hydroxylation sites is 1. The summed E-state index contributed by atoms with van der Waals surface area (Å²) in [6.07, 6.45) is 3.50. The van der Waals surface area contributed by atoms with Crippen LogP contribution in [0.2, 0.25) is 0 Å². The molecule has 0 radical (unpaired) electrons. The van der Waals surface area contributed by atoms with Crippen LogP contribution < -0.4 is 9.64 Å². The average Bonchev–Trinajstić information content (AvgIpc) is 3.26. The molecule has 0 aliphatic heterocycles. The quantitative estimate of drug-likeness (QED) is 0.272. The number of ether oxygens (including phenoxy) is 1. The first-order valence-corrected chi connectivity index (χ1v) is 11.8. The normalized spacial score (nSPS) is 10.9. The predicted molar refractivity (Wildman–Crippen MR) is 137 cm³/mol. The Morgan fingerprint density at radius 3 is 2.38 bits per heavy atom. The maximum atomic E-state index is 13.7. The molecule has 0 atom stereocenters. The van der Waals surface area contributed by atoms with Crippen LogP contribution in [0.25, 0.3) is 10.2 Å². The number of carbonyl (C=O) groups excluding carboxylic acids is 1. The molecule has 2 heterocycles. The van der Waals surface area contributed by atoms with E-state index in [4.69, 9.17) is 9.72 Å². The molecule has 0 aliphatic rings. The van der Waals surface area contributed by atoms with Crippen LogP contribution in [0.5, 0.6) is 11.5 Å². The van der Waals surface area contributed by atoms with Gasteiger partial charge in [0.2, 0.25) is 0 Å². The lowest BCUT2D eigenvalue weighted by atomic mass is 10.1. The van der Waals surface area contributed by atoms with E-state index in [9.17, 15) is 4.79 Å². The number of hydrogen-bond donors (Lipinski definition) is 0. The number of nitrogens with zero attached hydrogens (tertiary/aromatic N) is 3. The molecule has 34 heavy (non-hydrogen) atoms. The maximum Gasteiger partial charge on any atom is 0.260 e. The van der Waals surface area contributed by atoms with Crippen molar-refractivity contribution in [3.8, 4) is 11.5 Å². The van der Waals surface area contributed by atoms with Crippen molar-refractivity contribution in [1.29, 1.82) is 0 Å². The lowest BCUT2D eigenvalue weighted by molar-refractivity contribution is 0.0985. The third-order valence-electron chi connectivity index (χ3n) is 5.61. The first-order valence-electron chi connectivity index (χ1n) is 11.0. The largest absolute Gasteiger partial charge is 0.457 e. The summed E-state index contributed by atoms with van der Waals surface area (Å²) in [5, 5.41) is 0.665. The molecule has 168 valence electrons. The monoisotopic (exact) mass is 465 g/mol. The van der Waals surface area contributed by atoms with Crippen LogP contribution in [0.15, 0.2) is 91.3 Å². The maximum absolute atomic E-state index is 13.7. The van der Waals surface area contributed by atoms with E-state index >= 15 is 0 Å². The van der Waals surface area contributed by atoms with Gasteiger partial charge in [-0.2, -0.15) is 0 Å². The molecule has 5 aromatic rings. The zero-order chi connectivity index (χ0) is 23.5. The number of aryl methyl sites for hydroxylation is 2. The van der Waals surface area contributed by atoms with E-state index in [1.165, 1.54) is 22.5 Å². The highest BCUT2D eigenvalue weighted by Gasteiger charge is 2.22. The number of anilines is 1. The Kier molecular flexibility index (Phi) is 6.06. The lowest BCUT2D eigenvalue weighted by Crippen LogP contribution is -2.30. The van der Waals surface area contributed by atoms with E-state index in [2.05, 4.69) is 31.0 Å². The number of carbonyl (C=O) groups is 1. The smallest absolute Gasteiger partial charge is 0.260 e. The van der Waals surface area contributed by atoms with Crippen molar-refractivity contribution in [2.75, 3.05) is 4.90 Å². The highest BCUT2D eigenvalue weighted by Crippen LogP contribution is 2.33. The Morgan fingerprint density at radius 1 is 0.912 bits per heavy atom. The van der Waals surface area contributed by atoms with Gasteiger partial charge in [-0.15, -0.1) is 0 Å². The topological polar surface area (TPSA) is 55.3 Å². The fraction of sp³-hybridized carbons (Fsp3) is 0.107. The highest BCUT2D eigenvalue weighted by molar-refractivity contribution is 7.22. The Morgan fingerprint density at radius 2 is 1.65 bits per heavy atom. The van der Waals surface area contributed by atoms with Crippen LogP contribution >= 0.6 is 11.3 Å². The van der Waals surface area contributed by atoms with Gasteiger partial charge in [0.05, 0.1) is 16.8 Å². The summed E-state index contributed by atoms with van der Waals surface area (Å²) in [5.74, 6) is 1.30. The molecular formula is C28H23N3O2S. The summed E-state index contributed by atoms with van der Waals surface area (Å²) in [6.45, 7) is 4.55. The third-order valence-corrected chi connectivity index (χ3v) is 6.65. The van der Waals surface area contributed by atoms with Gasteiger partial charge < -0.3 is 4.74 Å². The summed E-state index contributed by atoms with van der Waals surface area (Å²) in [5.41, 5.74) is 4.80. The summed E-state index contributed by atoms with van der Waals surface area (Å²) in [4.78, 5) is 24.4. The number of fused-ring (bicyclic) bond motifs is 1. The Bertz CT molecular complexity index is 1390. The second-order valence-corrected chi connectivity index (χ2v) is 9.10. The number of amides is 1. The highest BCUT2D eigenvalue weighted by atomic mass is 32.1. The van der Waals surface area contributed by atoms with Crippen molar-refractivity contribution in [1.82, 2.24) is 9.97 Å². The van der Waals surface area contributed by atoms with Gasteiger partial charge in [-0.1, -0.05) is 35.6 Å². The molecule has 0 saturated carbocycles. The molecule has 0 unspecified atom stereocenters. The van der Waals surface area contributed by atoms with Crippen LogP contribution in [0.1, 0.15) is 27.0 Å². The first kappa shape index (κ1) is 21.8. The van der Waals surface area contributed by atoms with Crippen molar-refractivity contribution >= 4 is 32.6 Å². The molecular weight excluding hydrogens is 442 g/mol. The van der Waals surface area contributed by atoms with Crippen molar-refractivity contribution < 1.29 is 9.53 Å². The molecule has 0 bridgehead atoms. The molecule has 5 nitrogen and oxygen atoms in total. The molecule has 5 rings (SSSR count). The van der Waals surface area contributed by atoms with E-state index in [0.717, 1.165) is 21.5 Å². The van der Waals surface area contributed by atoms with E-state index in [0.29, 0.717) is 23.0 Å². The number of thiazole rings is 1. The molecule has 0 spiro atoms. The van der Waals surface area contributed by atoms with Gasteiger partial charge in [-0.25, -0.2) is 4.98 Å². The third kappa shape index (κ3) is 4.67. The van der Waals surface area contributed by atoms with Gasteiger partial charge >= 0.3 is 0 Å². The second-order valence-electron chi connectivity index (χ2n) is 8.09. The van der Waals surface area contributed by atoms with E-state index in [1.807, 2.05) is 54.6 Å². The Hall–Kier alpha value is -4.03. The predicted octanol–water partition coefficient (Wildman–Crippen LogP) is 6.95. The zero-order valence-corrected chi connectivity index (χ0v) is 19.8.